The SMILES string of the molecule is CCC(C)C1=C(Cc2ccc(/C=C/C(C)(C)C(=O)NC(C)(C)C(=O)NCC(C)(C)N)cc2C)CC([C@@H]2O[C@H](COC(C)=O)CC(OC(C)=O)[C@H]2OC(C)=O)C(OC)=C1. The molecule has 2 aliphatic rings. The van der Waals surface area contributed by atoms with Crippen LogP contribution in [0.2, 0.25) is 0 Å². The molecule has 13 heteroatoms. The molecule has 3 rings (SSSR count). The zero-order chi connectivity index (χ0) is 43.7. The lowest BCUT2D eigenvalue weighted by Crippen LogP contribution is -2.59. The molecule has 0 radical (unpaired) electrons. The van der Waals surface area contributed by atoms with Crippen molar-refractivity contribution in [3.05, 3.63) is 63.9 Å². The smallest absolute Gasteiger partial charge is 0.303 e. The van der Waals surface area contributed by atoms with E-state index in [2.05, 4.69) is 49.6 Å². The summed E-state index contributed by atoms with van der Waals surface area (Å²) in [6.45, 7) is 21.1. The van der Waals surface area contributed by atoms with Crippen molar-refractivity contribution in [3.8, 4) is 0 Å². The topological polar surface area (TPSA) is 182 Å². The number of aryl methyl sites for hydroxylation is 1. The molecule has 1 aromatic carbocycles. The highest BCUT2D eigenvalue weighted by atomic mass is 16.6. The fourth-order valence-electron chi connectivity index (χ4n) is 7.15. The van der Waals surface area contributed by atoms with Crippen LogP contribution >= 0.6 is 0 Å². The predicted octanol–water partition coefficient (Wildman–Crippen LogP) is 5.80. The lowest BCUT2D eigenvalue weighted by Gasteiger charge is -2.44. The van der Waals surface area contributed by atoms with Crippen molar-refractivity contribution in [2.24, 2.45) is 23.0 Å². The van der Waals surface area contributed by atoms with E-state index in [1.165, 1.54) is 26.3 Å². The van der Waals surface area contributed by atoms with Gasteiger partial charge in [-0.15, -0.1) is 0 Å². The van der Waals surface area contributed by atoms with E-state index in [1.807, 2.05) is 32.1 Å². The molecule has 3 unspecified atom stereocenters. The van der Waals surface area contributed by atoms with E-state index in [9.17, 15) is 24.0 Å². The van der Waals surface area contributed by atoms with Crippen LogP contribution in [-0.2, 0) is 54.1 Å². The summed E-state index contributed by atoms with van der Waals surface area (Å²) in [4.78, 5) is 62.7. The van der Waals surface area contributed by atoms with Crippen LogP contribution < -0.4 is 16.4 Å². The standard InChI is InChI=1S/C45H67N3O10/c1-14-26(2)35-23-37(54-13)36(39-40(57-30(6)51)38(56-29(5)50)22-34(58-39)24-55-28(4)49)21-33(35)20-32-16-15-31(19-27(32)3)17-18-43(7,8)41(52)48-45(11,12)42(53)47-25-44(9,10)46/h15-19,23,26,34,36,38-40H,14,20-22,24-25,46H2,1-13H3,(H,47,53)(H,48,52)/b18-17+/t26?,34-,36?,38?,39-,40+/m0/s1. The van der Waals surface area contributed by atoms with Gasteiger partial charge in [0.25, 0.3) is 0 Å². The van der Waals surface area contributed by atoms with Crippen molar-refractivity contribution >= 4 is 35.8 Å². The predicted molar refractivity (Wildman–Crippen MR) is 222 cm³/mol. The van der Waals surface area contributed by atoms with E-state index < -0.39 is 64.7 Å². The first-order valence-electron chi connectivity index (χ1n) is 20.2. The maximum Gasteiger partial charge on any atom is 0.303 e. The van der Waals surface area contributed by atoms with Crippen LogP contribution in [0.25, 0.3) is 6.08 Å². The molecule has 0 spiro atoms. The van der Waals surface area contributed by atoms with Gasteiger partial charge in [-0.2, -0.15) is 0 Å². The fraction of sp³-hybridized carbons (Fsp3) is 0.622. The molecular formula is C45H67N3O10. The van der Waals surface area contributed by atoms with E-state index in [0.717, 1.165) is 28.7 Å². The average Bonchev–Trinajstić information content (AvgIpc) is 3.12. The summed E-state index contributed by atoms with van der Waals surface area (Å²) in [6.07, 6.45) is 4.84. The van der Waals surface area contributed by atoms with Crippen LogP contribution in [-0.4, -0.2) is 85.5 Å². The summed E-state index contributed by atoms with van der Waals surface area (Å²) in [6, 6.07) is 6.18. The van der Waals surface area contributed by atoms with Gasteiger partial charge in [0.15, 0.2) is 6.10 Å². The molecule has 2 amide bonds. The normalized spacial score (nSPS) is 22.1. The molecule has 4 N–H and O–H groups in total. The Morgan fingerprint density at radius 2 is 1.64 bits per heavy atom. The van der Waals surface area contributed by atoms with Gasteiger partial charge in [-0.05, 0) is 102 Å². The summed E-state index contributed by atoms with van der Waals surface area (Å²) in [5.41, 5.74) is 8.77. The Morgan fingerprint density at radius 3 is 2.19 bits per heavy atom. The van der Waals surface area contributed by atoms with Gasteiger partial charge in [0.2, 0.25) is 11.8 Å². The molecule has 0 saturated carbocycles. The van der Waals surface area contributed by atoms with Gasteiger partial charge in [0, 0.05) is 39.3 Å². The second-order valence-corrected chi connectivity index (χ2v) is 17.6. The number of methoxy groups -OCH3 is 1. The van der Waals surface area contributed by atoms with Crippen molar-refractivity contribution in [2.75, 3.05) is 20.3 Å². The summed E-state index contributed by atoms with van der Waals surface area (Å²) >= 11 is 0. The molecule has 1 saturated heterocycles. The Bertz CT molecular complexity index is 1770. The molecule has 0 aromatic heterocycles. The number of nitrogens with two attached hydrogens (primary N) is 1. The zero-order valence-corrected chi connectivity index (χ0v) is 36.8. The highest BCUT2D eigenvalue weighted by Crippen LogP contribution is 2.42. The second-order valence-electron chi connectivity index (χ2n) is 17.6. The first kappa shape index (κ1) is 47.9. The zero-order valence-electron chi connectivity index (χ0n) is 36.8. The van der Waals surface area contributed by atoms with Crippen LogP contribution in [0.15, 0.2) is 47.3 Å². The first-order valence-corrected chi connectivity index (χ1v) is 20.2. The number of rotatable bonds is 17. The van der Waals surface area contributed by atoms with Gasteiger partial charge in [0.1, 0.15) is 30.1 Å². The molecule has 58 heavy (non-hydrogen) atoms. The summed E-state index contributed by atoms with van der Waals surface area (Å²) in [5, 5.41) is 5.70. The number of allylic oxidation sites excluding steroid dienone is 3. The van der Waals surface area contributed by atoms with E-state index in [1.54, 1.807) is 34.8 Å². The van der Waals surface area contributed by atoms with Gasteiger partial charge >= 0.3 is 17.9 Å². The fourth-order valence-corrected chi connectivity index (χ4v) is 7.15. The molecule has 1 aliphatic heterocycles. The lowest BCUT2D eigenvalue weighted by molar-refractivity contribution is -0.221. The third-order valence-electron chi connectivity index (χ3n) is 10.7. The maximum atomic E-state index is 13.4. The Morgan fingerprint density at radius 1 is 0.983 bits per heavy atom. The number of hydrogen-bond donors (Lipinski definition) is 3. The Balaban J connectivity index is 1.92. The largest absolute Gasteiger partial charge is 0.501 e. The monoisotopic (exact) mass is 809 g/mol. The molecule has 1 fully saturated rings. The van der Waals surface area contributed by atoms with Crippen molar-refractivity contribution in [2.45, 2.75) is 144 Å². The van der Waals surface area contributed by atoms with E-state index in [-0.39, 0.29) is 37.3 Å². The van der Waals surface area contributed by atoms with Crippen LogP contribution in [0.3, 0.4) is 0 Å². The van der Waals surface area contributed by atoms with E-state index >= 15 is 0 Å². The number of benzene rings is 1. The van der Waals surface area contributed by atoms with Crippen molar-refractivity contribution in [1.82, 2.24) is 10.6 Å². The Labute approximate surface area is 344 Å². The highest BCUT2D eigenvalue weighted by molar-refractivity contribution is 5.93. The summed E-state index contributed by atoms with van der Waals surface area (Å²) in [7, 11) is 1.60. The molecule has 13 nitrogen and oxygen atoms in total. The van der Waals surface area contributed by atoms with Gasteiger partial charge in [-0.25, -0.2) is 0 Å². The Kier molecular flexibility index (Phi) is 16.5. The number of esters is 3. The summed E-state index contributed by atoms with van der Waals surface area (Å²) in [5.74, 6) is -1.71. The van der Waals surface area contributed by atoms with E-state index in [4.69, 9.17) is 29.4 Å². The molecule has 6 atom stereocenters. The van der Waals surface area contributed by atoms with Crippen LogP contribution in [0, 0.1) is 24.2 Å². The van der Waals surface area contributed by atoms with Crippen molar-refractivity contribution < 1.29 is 47.7 Å². The number of carbonyl (C=O) groups excluding carboxylic acids is 5. The lowest BCUT2D eigenvalue weighted by atomic mass is 9.75. The maximum absolute atomic E-state index is 13.4. The van der Waals surface area contributed by atoms with Gasteiger partial charge < -0.3 is 40.1 Å². The number of nitrogens with one attached hydrogen (secondary N) is 2. The van der Waals surface area contributed by atoms with Crippen molar-refractivity contribution in [3.63, 3.8) is 0 Å². The molecule has 1 aliphatic carbocycles. The summed E-state index contributed by atoms with van der Waals surface area (Å²) < 4.78 is 29.4. The Hall–Kier alpha value is -4.49. The minimum absolute atomic E-state index is 0.0548. The quantitative estimate of drug-likeness (QED) is 0.128. The minimum atomic E-state index is -1.15. The van der Waals surface area contributed by atoms with Gasteiger partial charge in [0.05, 0.1) is 24.5 Å². The second kappa shape index (κ2) is 20.0. The number of ether oxygens (including phenoxy) is 5. The van der Waals surface area contributed by atoms with Gasteiger partial charge in [-0.3, -0.25) is 24.0 Å². The third kappa shape index (κ3) is 13.5. The molecule has 1 aromatic rings. The van der Waals surface area contributed by atoms with Crippen LogP contribution in [0.4, 0.5) is 0 Å². The number of carbonyl (C=O) groups is 5. The van der Waals surface area contributed by atoms with E-state index in [0.29, 0.717) is 18.6 Å². The third-order valence-corrected chi connectivity index (χ3v) is 10.7. The highest BCUT2D eigenvalue weighted by Gasteiger charge is 2.49. The number of amides is 2. The van der Waals surface area contributed by atoms with Gasteiger partial charge in [-0.1, -0.05) is 49.8 Å². The first-order chi connectivity index (χ1) is 26.9. The van der Waals surface area contributed by atoms with Crippen molar-refractivity contribution in [1.29, 1.82) is 0 Å². The molecule has 322 valence electrons. The van der Waals surface area contributed by atoms with Crippen LogP contribution in [0.1, 0.15) is 112 Å². The average molecular weight is 810 g/mol. The number of hydrogen-bond acceptors (Lipinski definition) is 11. The molecule has 0 bridgehead atoms. The molecule has 1 heterocycles. The minimum Gasteiger partial charge on any atom is -0.501 e. The molecular weight excluding hydrogens is 743 g/mol. The van der Waals surface area contributed by atoms with Crippen LogP contribution in [0.5, 0.6) is 0 Å².